The molecule has 0 aliphatic carbocycles. The molecule has 0 radical (unpaired) electrons. The van der Waals surface area contributed by atoms with Crippen LogP contribution in [0.1, 0.15) is 40.0 Å². The Morgan fingerprint density at radius 2 is 1.70 bits per heavy atom. The second-order valence-corrected chi connectivity index (χ2v) is 6.19. The van der Waals surface area contributed by atoms with Gasteiger partial charge in [-0.3, -0.25) is 4.79 Å². The molecule has 2 aromatic rings. The van der Waals surface area contributed by atoms with E-state index in [1.54, 1.807) is 6.07 Å². The summed E-state index contributed by atoms with van der Waals surface area (Å²) < 4.78 is 0. The van der Waals surface area contributed by atoms with Crippen molar-refractivity contribution in [1.29, 1.82) is 0 Å². The lowest BCUT2D eigenvalue weighted by Gasteiger charge is -2.16. The molecule has 0 unspecified atom stereocenters. The number of nitrogens with zero attached hydrogens (tertiary/aromatic N) is 3. The first-order chi connectivity index (χ1) is 11.0. The van der Waals surface area contributed by atoms with Crippen molar-refractivity contribution in [3.05, 3.63) is 46.9 Å². The molecule has 1 amide bonds. The maximum Gasteiger partial charge on any atom is 0.272 e. The van der Waals surface area contributed by atoms with E-state index >= 15 is 0 Å². The fourth-order valence-corrected chi connectivity index (χ4v) is 3.13. The highest BCUT2D eigenvalue weighted by Crippen LogP contribution is 2.25. The highest BCUT2D eigenvalue weighted by atomic mass is 16.2. The van der Waals surface area contributed by atoms with Crippen molar-refractivity contribution in [1.82, 2.24) is 14.9 Å². The quantitative estimate of drug-likeness (QED) is 0.944. The van der Waals surface area contributed by atoms with Gasteiger partial charge in [-0.1, -0.05) is 17.7 Å². The van der Waals surface area contributed by atoms with Crippen molar-refractivity contribution in [2.24, 2.45) is 0 Å². The molecule has 120 valence electrons. The van der Waals surface area contributed by atoms with E-state index < -0.39 is 0 Å². The third kappa shape index (κ3) is 3.33. The average Bonchev–Trinajstić information content (AvgIpc) is 3.05. The molecule has 5 heteroatoms. The normalized spacial score (nSPS) is 14.1. The SMILES string of the molecule is Cc1cc(C)c(Nc2cc(C(=O)N3CCCC3)ncn2)c(C)c1. The van der Waals surface area contributed by atoms with Crippen molar-refractivity contribution in [2.75, 3.05) is 18.4 Å². The van der Waals surface area contributed by atoms with Crippen molar-refractivity contribution in [3.8, 4) is 0 Å². The van der Waals surface area contributed by atoms with Crippen LogP contribution >= 0.6 is 0 Å². The third-order valence-electron chi connectivity index (χ3n) is 4.21. The summed E-state index contributed by atoms with van der Waals surface area (Å²) in [6, 6.07) is 6.00. The van der Waals surface area contributed by atoms with Crippen LogP contribution in [-0.2, 0) is 0 Å². The zero-order chi connectivity index (χ0) is 16.4. The van der Waals surface area contributed by atoms with Gasteiger partial charge in [0, 0.05) is 24.8 Å². The Bertz CT molecular complexity index is 713. The lowest BCUT2D eigenvalue weighted by Crippen LogP contribution is -2.28. The van der Waals surface area contributed by atoms with Gasteiger partial charge in [-0.15, -0.1) is 0 Å². The maximum absolute atomic E-state index is 12.4. The Balaban J connectivity index is 1.84. The highest BCUT2D eigenvalue weighted by Gasteiger charge is 2.21. The van der Waals surface area contributed by atoms with Crippen LogP contribution in [0.15, 0.2) is 24.5 Å². The summed E-state index contributed by atoms with van der Waals surface area (Å²) in [7, 11) is 0. The molecule has 1 aliphatic rings. The molecule has 2 heterocycles. The van der Waals surface area contributed by atoms with Crippen molar-refractivity contribution < 1.29 is 4.79 Å². The molecular weight excluding hydrogens is 288 g/mol. The largest absolute Gasteiger partial charge is 0.340 e. The first-order valence-corrected chi connectivity index (χ1v) is 8.01. The molecule has 5 nitrogen and oxygen atoms in total. The molecule has 1 aromatic heterocycles. The van der Waals surface area contributed by atoms with Crippen molar-refractivity contribution in [3.63, 3.8) is 0 Å². The topological polar surface area (TPSA) is 58.1 Å². The van der Waals surface area contributed by atoms with Gasteiger partial charge < -0.3 is 10.2 Å². The minimum Gasteiger partial charge on any atom is -0.340 e. The Hall–Kier alpha value is -2.43. The van der Waals surface area contributed by atoms with Crippen molar-refractivity contribution >= 4 is 17.4 Å². The monoisotopic (exact) mass is 310 g/mol. The molecule has 0 saturated carbocycles. The Morgan fingerprint density at radius 1 is 1.04 bits per heavy atom. The van der Waals surface area contributed by atoms with Crippen LogP contribution in [0.5, 0.6) is 0 Å². The minimum absolute atomic E-state index is 0.00898. The van der Waals surface area contributed by atoms with E-state index in [1.165, 1.54) is 11.9 Å². The maximum atomic E-state index is 12.4. The number of likely N-dealkylation sites (tertiary alicyclic amines) is 1. The molecule has 3 rings (SSSR count). The molecule has 0 atom stereocenters. The number of benzene rings is 1. The van der Waals surface area contributed by atoms with E-state index in [0.717, 1.165) is 42.7 Å². The van der Waals surface area contributed by atoms with Gasteiger partial charge >= 0.3 is 0 Å². The number of aryl methyl sites for hydroxylation is 3. The van der Waals surface area contributed by atoms with Crippen LogP contribution in [0.3, 0.4) is 0 Å². The van der Waals surface area contributed by atoms with Gasteiger partial charge in [0.1, 0.15) is 17.8 Å². The standard InChI is InChI=1S/C18H22N4O/c1-12-8-13(2)17(14(3)9-12)21-16-10-15(19-11-20-16)18(23)22-6-4-5-7-22/h8-11H,4-7H2,1-3H3,(H,19,20,21). The third-order valence-corrected chi connectivity index (χ3v) is 4.21. The Morgan fingerprint density at radius 3 is 2.35 bits per heavy atom. The van der Waals surface area contributed by atoms with Gasteiger partial charge in [0.15, 0.2) is 0 Å². The van der Waals surface area contributed by atoms with Crippen LogP contribution in [-0.4, -0.2) is 33.9 Å². The van der Waals surface area contributed by atoms with Gasteiger partial charge in [0.05, 0.1) is 0 Å². The molecule has 1 aromatic carbocycles. The summed E-state index contributed by atoms with van der Waals surface area (Å²) in [5.74, 6) is 0.642. The van der Waals surface area contributed by atoms with Crippen LogP contribution in [0.25, 0.3) is 0 Å². The van der Waals surface area contributed by atoms with E-state index in [1.807, 2.05) is 4.90 Å². The molecule has 1 N–H and O–H groups in total. The number of carbonyl (C=O) groups is 1. The Labute approximate surface area is 136 Å². The van der Waals surface area contributed by atoms with Gasteiger partial charge in [-0.25, -0.2) is 9.97 Å². The number of nitrogens with one attached hydrogen (secondary N) is 1. The number of carbonyl (C=O) groups excluding carboxylic acids is 1. The van der Waals surface area contributed by atoms with E-state index in [-0.39, 0.29) is 5.91 Å². The van der Waals surface area contributed by atoms with Crippen LogP contribution in [0, 0.1) is 20.8 Å². The zero-order valence-electron chi connectivity index (χ0n) is 13.9. The summed E-state index contributed by atoms with van der Waals surface area (Å²) >= 11 is 0. The van der Waals surface area contributed by atoms with E-state index in [9.17, 15) is 4.79 Å². The van der Waals surface area contributed by atoms with Crippen LogP contribution < -0.4 is 5.32 Å². The minimum atomic E-state index is -0.00898. The summed E-state index contributed by atoms with van der Waals surface area (Å²) in [4.78, 5) is 22.7. The average molecular weight is 310 g/mol. The second kappa shape index (κ2) is 6.36. The van der Waals surface area contributed by atoms with Gasteiger partial charge in [-0.05, 0) is 44.7 Å². The van der Waals surface area contributed by atoms with Crippen LogP contribution in [0.4, 0.5) is 11.5 Å². The summed E-state index contributed by atoms with van der Waals surface area (Å²) in [5, 5.41) is 3.33. The van der Waals surface area contributed by atoms with E-state index in [4.69, 9.17) is 0 Å². The zero-order valence-corrected chi connectivity index (χ0v) is 13.9. The fourth-order valence-electron chi connectivity index (χ4n) is 3.13. The highest BCUT2D eigenvalue weighted by molar-refractivity contribution is 5.93. The number of aromatic nitrogens is 2. The lowest BCUT2D eigenvalue weighted by atomic mass is 10.1. The van der Waals surface area contributed by atoms with Gasteiger partial charge in [0.25, 0.3) is 5.91 Å². The fraction of sp³-hybridized carbons (Fsp3) is 0.389. The predicted octanol–water partition coefficient (Wildman–Crippen LogP) is 3.38. The smallest absolute Gasteiger partial charge is 0.272 e. The molecule has 0 bridgehead atoms. The number of rotatable bonds is 3. The predicted molar refractivity (Wildman–Crippen MR) is 91.1 cm³/mol. The molecule has 0 spiro atoms. The summed E-state index contributed by atoms with van der Waals surface area (Å²) in [6.45, 7) is 7.87. The molecular formula is C18H22N4O. The van der Waals surface area contributed by atoms with E-state index in [0.29, 0.717) is 11.5 Å². The number of anilines is 2. The number of amides is 1. The van der Waals surface area contributed by atoms with E-state index in [2.05, 4.69) is 48.2 Å². The van der Waals surface area contributed by atoms with Gasteiger partial charge in [-0.2, -0.15) is 0 Å². The molecule has 1 saturated heterocycles. The first kappa shape index (κ1) is 15.5. The first-order valence-electron chi connectivity index (χ1n) is 8.01. The number of hydrogen-bond donors (Lipinski definition) is 1. The molecule has 23 heavy (non-hydrogen) atoms. The van der Waals surface area contributed by atoms with Crippen LogP contribution in [0.2, 0.25) is 0 Å². The summed E-state index contributed by atoms with van der Waals surface area (Å²) in [5.41, 5.74) is 5.04. The Kier molecular flexibility index (Phi) is 4.28. The molecule has 1 fully saturated rings. The van der Waals surface area contributed by atoms with Gasteiger partial charge in [0.2, 0.25) is 0 Å². The summed E-state index contributed by atoms with van der Waals surface area (Å²) in [6.07, 6.45) is 3.60. The molecule has 1 aliphatic heterocycles. The van der Waals surface area contributed by atoms with Crippen molar-refractivity contribution in [2.45, 2.75) is 33.6 Å². The lowest BCUT2D eigenvalue weighted by molar-refractivity contribution is 0.0787. The number of hydrogen-bond acceptors (Lipinski definition) is 4. The second-order valence-electron chi connectivity index (χ2n) is 6.19.